The Bertz CT molecular complexity index is 429. The molecule has 1 atom stereocenters. The molecule has 5 nitrogen and oxygen atoms in total. The number of amides is 1. The second-order valence-corrected chi connectivity index (χ2v) is 3.62. The molecule has 0 aliphatic rings. The lowest BCUT2D eigenvalue weighted by Gasteiger charge is -2.14. The maximum atomic E-state index is 10.9. The molecule has 0 aliphatic heterocycles. The maximum Gasteiger partial charge on any atom is 0.337 e. The van der Waals surface area contributed by atoms with E-state index < -0.39 is 17.9 Å². The number of primary amides is 1. The number of anilines is 1. The van der Waals surface area contributed by atoms with Gasteiger partial charge in [-0.05, 0) is 31.5 Å². The number of nitrogens with one attached hydrogen (secondary N) is 1. The predicted molar refractivity (Wildman–Crippen MR) is 60.4 cm³/mol. The first-order chi connectivity index (χ1) is 7.41. The number of hydrogen-bond acceptors (Lipinski definition) is 3. The molecule has 5 heteroatoms. The van der Waals surface area contributed by atoms with Crippen LogP contribution in [0.15, 0.2) is 18.2 Å². The molecule has 1 unspecified atom stereocenters. The molecule has 86 valence electrons. The minimum atomic E-state index is -1.04. The van der Waals surface area contributed by atoms with Gasteiger partial charge < -0.3 is 16.2 Å². The smallest absolute Gasteiger partial charge is 0.337 e. The number of carboxylic acid groups (broad SMARTS) is 1. The van der Waals surface area contributed by atoms with Crippen molar-refractivity contribution in [2.24, 2.45) is 5.73 Å². The summed E-state index contributed by atoms with van der Waals surface area (Å²) in [6, 6.07) is 4.25. The molecule has 1 amide bonds. The van der Waals surface area contributed by atoms with E-state index in [-0.39, 0.29) is 5.56 Å². The second kappa shape index (κ2) is 4.65. The van der Waals surface area contributed by atoms with Gasteiger partial charge in [0.2, 0.25) is 5.91 Å². The quantitative estimate of drug-likeness (QED) is 0.708. The monoisotopic (exact) mass is 222 g/mol. The molecule has 1 aromatic rings. The Kier molecular flexibility index (Phi) is 3.50. The van der Waals surface area contributed by atoms with Gasteiger partial charge in [0, 0.05) is 5.69 Å². The van der Waals surface area contributed by atoms with E-state index in [2.05, 4.69) is 5.32 Å². The van der Waals surface area contributed by atoms with E-state index >= 15 is 0 Å². The fourth-order valence-electron chi connectivity index (χ4n) is 1.27. The van der Waals surface area contributed by atoms with Gasteiger partial charge in [0.15, 0.2) is 0 Å². The third kappa shape index (κ3) is 2.73. The Balaban J connectivity index is 3.05. The average Bonchev–Trinajstić information content (AvgIpc) is 2.16. The molecule has 0 fully saturated rings. The molecule has 0 aromatic heterocycles. The Morgan fingerprint density at radius 3 is 2.56 bits per heavy atom. The third-order valence-electron chi connectivity index (χ3n) is 2.20. The summed E-state index contributed by atoms with van der Waals surface area (Å²) in [6.45, 7) is 3.42. The predicted octanol–water partition coefficient (Wildman–Crippen LogP) is 0.979. The number of rotatable bonds is 4. The van der Waals surface area contributed by atoms with Crippen molar-refractivity contribution in [3.8, 4) is 0 Å². The van der Waals surface area contributed by atoms with Crippen molar-refractivity contribution in [1.29, 1.82) is 0 Å². The van der Waals surface area contributed by atoms with E-state index in [1.54, 1.807) is 19.1 Å². The fourth-order valence-corrected chi connectivity index (χ4v) is 1.27. The molecular weight excluding hydrogens is 208 g/mol. The number of aryl methyl sites for hydroxylation is 1. The van der Waals surface area contributed by atoms with Crippen molar-refractivity contribution in [2.45, 2.75) is 19.9 Å². The molecular formula is C11H14N2O3. The molecule has 0 saturated heterocycles. The molecule has 4 N–H and O–H groups in total. The second-order valence-electron chi connectivity index (χ2n) is 3.62. The Hall–Kier alpha value is -2.04. The van der Waals surface area contributed by atoms with Crippen LogP contribution in [-0.2, 0) is 4.79 Å². The highest BCUT2D eigenvalue weighted by atomic mass is 16.4. The van der Waals surface area contributed by atoms with Gasteiger partial charge in [-0.1, -0.05) is 6.07 Å². The first-order valence-electron chi connectivity index (χ1n) is 4.81. The Labute approximate surface area is 93.3 Å². The van der Waals surface area contributed by atoms with Crippen LogP contribution in [0.1, 0.15) is 22.8 Å². The van der Waals surface area contributed by atoms with Crippen molar-refractivity contribution in [1.82, 2.24) is 0 Å². The van der Waals surface area contributed by atoms with Gasteiger partial charge in [0.25, 0.3) is 0 Å². The van der Waals surface area contributed by atoms with E-state index in [1.807, 2.05) is 6.92 Å². The lowest BCUT2D eigenvalue weighted by atomic mass is 10.1. The molecule has 1 aromatic carbocycles. The van der Waals surface area contributed by atoms with E-state index in [9.17, 15) is 9.59 Å². The van der Waals surface area contributed by atoms with Gasteiger partial charge in [-0.25, -0.2) is 4.79 Å². The summed E-state index contributed by atoms with van der Waals surface area (Å²) in [7, 11) is 0. The first-order valence-corrected chi connectivity index (χ1v) is 4.81. The van der Waals surface area contributed by atoms with Gasteiger partial charge in [0.05, 0.1) is 5.56 Å². The molecule has 0 aliphatic carbocycles. The number of nitrogens with two attached hydrogens (primary N) is 1. The number of carboxylic acids is 1. The van der Waals surface area contributed by atoms with E-state index in [4.69, 9.17) is 10.8 Å². The molecule has 0 spiro atoms. The summed E-state index contributed by atoms with van der Waals surface area (Å²) in [6.07, 6.45) is 0. The molecule has 1 rings (SSSR count). The van der Waals surface area contributed by atoms with Crippen LogP contribution in [-0.4, -0.2) is 23.0 Å². The van der Waals surface area contributed by atoms with Gasteiger partial charge in [-0.15, -0.1) is 0 Å². The molecule has 0 saturated carbocycles. The molecule has 0 radical (unpaired) electrons. The van der Waals surface area contributed by atoms with Crippen molar-refractivity contribution >= 4 is 17.6 Å². The lowest BCUT2D eigenvalue weighted by molar-refractivity contribution is -0.118. The van der Waals surface area contributed by atoms with Crippen LogP contribution in [0.5, 0.6) is 0 Å². The highest BCUT2D eigenvalue weighted by Gasteiger charge is 2.14. The van der Waals surface area contributed by atoms with Crippen LogP contribution in [0.3, 0.4) is 0 Å². The molecule has 0 bridgehead atoms. The fraction of sp³-hybridized carbons (Fsp3) is 0.273. The van der Waals surface area contributed by atoms with Crippen LogP contribution < -0.4 is 11.1 Å². The number of benzene rings is 1. The summed E-state index contributed by atoms with van der Waals surface area (Å²) in [5.41, 5.74) is 6.53. The van der Waals surface area contributed by atoms with Crippen molar-refractivity contribution in [2.75, 3.05) is 5.32 Å². The van der Waals surface area contributed by atoms with Crippen LogP contribution >= 0.6 is 0 Å². The van der Waals surface area contributed by atoms with Crippen LogP contribution in [0.2, 0.25) is 0 Å². The summed E-state index contributed by atoms with van der Waals surface area (Å²) >= 11 is 0. The molecule has 0 heterocycles. The van der Waals surface area contributed by atoms with Gasteiger partial charge in [-0.2, -0.15) is 0 Å². The first kappa shape index (κ1) is 12.0. The maximum absolute atomic E-state index is 10.9. The van der Waals surface area contributed by atoms with E-state index in [0.717, 1.165) is 5.56 Å². The zero-order chi connectivity index (χ0) is 12.3. The van der Waals surface area contributed by atoms with Crippen molar-refractivity contribution in [3.05, 3.63) is 29.3 Å². The zero-order valence-electron chi connectivity index (χ0n) is 9.15. The standard InChI is InChI=1S/C11H14N2O3/c1-6-3-4-8(11(15)16)9(5-6)13-7(2)10(12)14/h3-5,7,13H,1-2H3,(H2,12,14)(H,15,16). The minimum Gasteiger partial charge on any atom is -0.478 e. The largest absolute Gasteiger partial charge is 0.478 e. The summed E-state index contributed by atoms with van der Waals surface area (Å²) < 4.78 is 0. The van der Waals surface area contributed by atoms with E-state index in [1.165, 1.54) is 6.07 Å². The van der Waals surface area contributed by atoms with Crippen molar-refractivity contribution < 1.29 is 14.7 Å². The van der Waals surface area contributed by atoms with Crippen molar-refractivity contribution in [3.63, 3.8) is 0 Å². The summed E-state index contributed by atoms with van der Waals surface area (Å²) in [5.74, 6) is -1.57. The summed E-state index contributed by atoms with van der Waals surface area (Å²) in [5, 5.41) is 11.7. The zero-order valence-corrected chi connectivity index (χ0v) is 9.15. The Morgan fingerprint density at radius 1 is 1.44 bits per heavy atom. The molecule has 16 heavy (non-hydrogen) atoms. The van der Waals surface area contributed by atoms with Gasteiger partial charge >= 0.3 is 5.97 Å². The number of aromatic carboxylic acids is 1. The number of carbonyl (C=O) groups excluding carboxylic acids is 1. The van der Waals surface area contributed by atoms with E-state index in [0.29, 0.717) is 5.69 Å². The summed E-state index contributed by atoms with van der Waals surface area (Å²) in [4.78, 5) is 21.8. The minimum absolute atomic E-state index is 0.124. The third-order valence-corrected chi connectivity index (χ3v) is 2.20. The van der Waals surface area contributed by atoms with Gasteiger partial charge in [0.1, 0.15) is 6.04 Å². The number of hydrogen-bond donors (Lipinski definition) is 3. The van der Waals surface area contributed by atoms with Crippen LogP contribution in [0, 0.1) is 6.92 Å². The Morgan fingerprint density at radius 2 is 2.06 bits per heavy atom. The van der Waals surface area contributed by atoms with Crippen LogP contribution in [0.4, 0.5) is 5.69 Å². The normalized spacial score (nSPS) is 11.9. The number of carbonyl (C=O) groups is 2. The topological polar surface area (TPSA) is 92.4 Å². The average molecular weight is 222 g/mol. The lowest BCUT2D eigenvalue weighted by Crippen LogP contribution is -2.33. The van der Waals surface area contributed by atoms with Crippen LogP contribution in [0.25, 0.3) is 0 Å². The SMILES string of the molecule is Cc1ccc(C(=O)O)c(NC(C)C(N)=O)c1. The highest BCUT2D eigenvalue weighted by Crippen LogP contribution is 2.18. The van der Waals surface area contributed by atoms with Gasteiger partial charge in [-0.3, -0.25) is 4.79 Å². The highest BCUT2D eigenvalue weighted by molar-refractivity contribution is 5.95.